The highest BCUT2D eigenvalue weighted by Crippen LogP contribution is 2.30. The van der Waals surface area contributed by atoms with Crippen molar-refractivity contribution in [2.24, 2.45) is 5.92 Å². The van der Waals surface area contributed by atoms with Gasteiger partial charge in [0.05, 0.1) is 10.7 Å². The summed E-state index contributed by atoms with van der Waals surface area (Å²) in [6, 6.07) is 6.89. The number of benzene rings is 1. The molecule has 0 saturated heterocycles. The van der Waals surface area contributed by atoms with E-state index in [4.69, 9.17) is 11.6 Å². The van der Waals surface area contributed by atoms with Crippen LogP contribution in [0.5, 0.6) is 0 Å². The average Bonchev–Trinajstić information content (AvgIpc) is 2.63. The maximum absolute atomic E-state index is 6.34. The Hall–Kier alpha value is -0.890. The second-order valence-electron chi connectivity index (χ2n) is 6.18. The summed E-state index contributed by atoms with van der Waals surface area (Å²) in [5, 5.41) is 4.49. The Morgan fingerprint density at radius 3 is 2.65 bits per heavy atom. The predicted molar refractivity (Wildman–Crippen MR) is 90.1 cm³/mol. The van der Waals surface area contributed by atoms with Gasteiger partial charge < -0.3 is 10.2 Å². The molecule has 2 nitrogen and oxygen atoms in total. The third-order valence-electron chi connectivity index (χ3n) is 4.47. The second-order valence-corrected chi connectivity index (χ2v) is 6.59. The number of hydrogen-bond donors (Lipinski definition) is 1. The van der Waals surface area contributed by atoms with Gasteiger partial charge in [0, 0.05) is 25.8 Å². The molecule has 1 aromatic rings. The average molecular weight is 295 g/mol. The number of halogens is 1. The lowest BCUT2D eigenvalue weighted by atomic mass is 9.98. The molecule has 112 valence electrons. The summed E-state index contributed by atoms with van der Waals surface area (Å²) in [6.45, 7) is 2.32. The SMILES string of the molecule is CCC1CCCC(Nc2ccc(N(C)C)c(Cl)c2)CC1. The van der Waals surface area contributed by atoms with E-state index in [1.165, 1.54) is 38.5 Å². The van der Waals surface area contributed by atoms with Crippen molar-refractivity contribution in [3.05, 3.63) is 23.2 Å². The highest BCUT2D eigenvalue weighted by atomic mass is 35.5. The van der Waals surface area contributed by atoms with Gasteiger partial charge in [-0.3, -0.25) is 0 Å². The first kappa shape index (κ1) is 15.5. The monoisotopic (exact) mass is 294 g/mol. The molecule has 1 aromatic carbocycles. The van der Waals surface area contributed by atoms with Gasteiger partial charge in [0.1, 0.15) is 0 Å². The predicted octanol–water partition coefficient (Wildman–Crippen LogP) is 5.18. The summed E-state index contributed by atoms with van der Waals surface area (Å²) < 4.78 is 0. The summed E-state index contributed by atoms with van der Waals surface area (Å²) in [6.07, 6.45) is 8.00. The minimum atomic E-state index is 0.604. The van der Waals surface area contributed by atoms with Crippen molar-refractivity contribution in [2.45, 2.75) is 51.5 Å². The molecule has 2 rings (SSSR count). The van der Waals surface area contributed by atoms with Crippen molar-refractivity contribution in [1.82, 2.24) is 0 Å². The van der Waals surface area contributed by atoms with Gasteiger partial charge in [0.2, 0.25) is 0 Å². The Kier molecular flexibility index (Phi) is 5.59. The van der Waals surface area contributed by atoms with Gasteiger partial charge in [-0.25, -0.2) is 0 Å². The minimum Gasteiger partial charge on any atom is -0.382 e. The van der Waals surface area contributed by atoms with Gasteiger partial charge in [-0.2, -0.15) is 0 Å². The van der Waals surface area contributed by atoms with E-state index < -0.39 is 0 Å². The minimum absolute atomic E-state index is 0.604. The van der Waals surface area contributed by atoms with Gasteiger partial charge in [-0.05, 0) is 43.4 Å². The van der Waals surface area contributed by atoms with Crippen molar-refractivity contribution in [3.8, 4) is 0 Å². The molecule has 0 spiro atoms. The quantitative estimate of drug-likeness (QED) is 0.770. The Balaban J connectivity index is 1.98. The fourth-order valence-electron chi connectivity index (χ4n) is 3.13. The van der Waals surface area contributed by atoms with E-state index >= 15 is 0 Å². The van der Waals surface area contributed by atoms with E-state index in [0.717, 1.165) is 22.3 Å². The summed E-state index contributed by atoms with van der Waals surface area (Å²) in [5.74, 6) is 0.932. The maximum atomic E-state index is 6.34. The van der Waals surface area contributed by atoms with Crippen LogP contribution < -0.4 is 10.2 Å². The standard InChI is InChI=1S/C17H27ClN2/c1-4-13-6-5-7-14(9-8-13)19-15-10-11-17(20(2)3)16(18)12-15/h10-14,19H,4-9H2,1-3H3. The van der Waals surface area contributed by atoms with Crippen molar-refractivity contribution >= 4 is 23.0 Å². The fourth-order valence-corrected chi connectivity index (χ4v) is 3.48. The van der Waals surface area contributed by atoms with E-state index in [-0.39, 0.29) is 0 Å². The molecule has 1 aliphatic rings. The molecular formula is C17H27ClN2. The lowest BCUT2D eigenvalue weighted by Crippen LogP contribution is -2.18. The van der Waals surface area contributed by atoms with Crippen molar-refractivity contribution in [2.75, 3.05) is 24.3 Å². The Labute approximate surface area is 128 Å². The van der Waals surface area contributed by atoms with Crippen LogP contribution in [-0.4, -0.2) is 20.1 Å². The molecule has 3 heteroatoms. The molecule has 2 atom stereocenters. The maximum Gasteiger partial charge on any atom is 0.0659 e. The molecule has 2 unspecified atom stereocenters. The second kappa shape index (κ2) is 7.21. The zero-order valence-electron chi connectivity index (χ0n) is 13.0. The van der Waals surface area contributed by atoms with Gasteiger partial charge in [-0.15, -0.1) is 0 Å². The lowest BCUT2D eigenvalue weighted by molar-refractivity contribution is 0.444. The van der Waals surface area contributed by atoms with Crippen LogP contribution in [0.1, 0.15) is 45.4 Å². The Morgan fingerprint density at radius 1 is 1.20 bits per heavy atom. The molecule has 1 saturated carbocycles. The number of anilines is 2. The smallest absolute Gasteiger partial charge is 0.0659 e. The molecule has 20 heavy (non-hydrogen) atoms. The molecule has 0 amide bonds. The van der Waals surface area contributed by atoms with Gasteiger partial charge in [-0.1, -0.05) is 37.8 Å². The van der Waals surface area contributed by atoms with Crippen LogP contribution >= 0.6 is 11.6 Å². The van der Waals surface area contributed by atoms with Crippen LogP contribution in [0.2, 0.25) is 5.02 Å². The van der Waals surface area contributed by atoms with Gasteiger partial charge >= 0.3 is 0 Å². The molecule has 1 fully saturated rings. The molecule has 0 bridgehead atoms. The van der Waals surface area contributed by atoms with Crippen LogP contribution in [0.15, 0.2) is 18.2 Å². The van der Waals surface area contributed by atoms with Crippen LogP contribution in [0.3, 0.4) is 0 Å². The lowest BCUT2D eigenvalue weighted by Gasteiger charge is -2.20. The van der Waals surface area contributed by atoms with E-state index in [0.29, 0.717) is 6.04 Å². The third-order valence-corrected chi connectivity index (χ3v) is 4.77. The number of nitrogens with zero attached hydrogens (tertiary/aromatic N) is 1. The van der Waals surface area contributed by atoms with Crippen molar-refractivity contribution < 1.29 is 0 Å². The van der Waals surface area contributed by atoms with E-state index in [2.05, 4.69) is 30.4 Å². The highest BCUT2D eigenvalue weighted by molar-refractivity contribution is 6.33. The molecule has 0 heterocycles. The first-order valence-electron chi connectivity index (χ1n) is 7.83. The van der Waals surface area contributed by atoms with Gasteiger partial charge in [0.15, 0.2) is 0 Å². The number of hydrogen-bond acceptors (Lipinski definition) is 2. The first-order chi connectivity index (χ1) is 9.60. The Morgan fingerprint density at radius 2 is 2.00 bits per heavy atom. The summed E-state index contributed by atoms with van der Waals surface area (Å²) in [5.41, 5.74) is 2.23. The van der Waals surface area contributed by atoms with E-state index in [1.807, 2.05) is 19.0 Å². The number of rotatable bonds is 4. The van der Waals surface area contributed by atoms with Crippen molar-refractivity contribution in [1.29, 1.82) is 0 Å². The first-order valence-corrected chi connectivity index (χ1v) is 8.21. The van der Waals surface area contributed by atoms with E-state index in [9.17, 15) is 0 Å². The van der Waals surface area contributed by atoms with Crippen LogP contribution in [0.25, 0.3) is 0 Å². The van der Waals surface area contributed by atoms with E-state index in [1.54, 1.807) is 0 Å². The summed E-state index contributed by atoms with van der Waals surface area (Å²) in [7, 11) is 4.04. The largest absolute Gasteiger partial charge is 0.382 e. The number of nitrogens with one attached hydrogen (secondary N) is 1. The highest BCUT2D eigenvalue weighted by Gasteiger charge is 2.17. The normalized spacial score (nSPS) is 23.2. The summed E-state index contributed by atoms with van der Waals surface area (Å²) >= 11 is 6.34. The molecule has 0 aromatic heterocycles. The third kappa shape index (κ3) is 4.05. The molecular weight excluding hydrogens is 268 g/mol. The topological polar surface area (TPSA) is 15.3 Å². The van der Waals surface area contributed by atoms with Crippen molar-refractivity contribution in [3.63, 3.8) is 0 Å². The van der Waals surface area contributed by atoms with Crippen LogP contribution in [0, 0.1) is 5.92 Å². The van der Waals surface area contributed by atoms with Crippen LogP contribution in [-0.2, 0) is 0 Å². The molecule has 1 N–H and O–H groups in total. The fraction of sp³-hybridized carbons (Fsp3) is 0.647. The van der Waals surface area contributed by atoms with Gasteiger partial charge in [0.25, 0.3) is 0 Å². The molecule has 0 radical (unpaired) electrons. The van der Waals surface area contributed by atoms with Crippen LogP contribution in [0.4, 0.5) is 11.4 Å². The Bertz CT molecular complexity index is 431. The molecule has 1 aliphatic carbocycles. The zero-order chi connectivity index (χ0) is 14.5. The summed E-state index contributed by atoms with van der Waals surface area (Å²) in [4.78, 5) is 2.05. The molecule has 0 aliphatic heterocycles. The zero-order valence-corrected chi connectivity index (χ0v) is 13.7.